The molecule has 17 heavy (non-hydrogen) atoms. The van der Waals surface area contributed by atoms with Crippen molar-refractivity contribution in [2.24, 2.45) is 0 Å². The van der Waals surface area contributed by atoms with Crippen molar-refractivity contribution in [2.45, 2.75) is 13.5 Å². The van der Waals surface area contributed by atoms with Crippen molar-refractivity contribution in [2.75, 3.05) is 7.11 Å². The molecule has 4 heteroatoms. The molecular formula is C13H14N2O2. The van der Waals surface area contributed by atoms with E-state index in [1.165, 1.54) is 6.07 Å². The Morgan fingerprint density at radius 1 is 1.35 bits per heavy atom. The molecule has 0 bridgehead atoms. The van der Waals surface area contributed by atoms with Crippen molar-refractivity contribution in [1.29, 1.82) is 0 Å². The third-order valence-electron chi connectivity index (χ3n) is 2.44. The van der Waals surface area contributed by atoms with Crippen LogP contribution in [0.4, 0.5) is 0 Å². The zero-order valence-corrected chi connectivity index (χ0v) is 9.86. The van der Waals surface area contributed by atoms with Gasteiger partial charge >= 0.3 is 0 Å². The number of nitrogens with zero attached hydrogens (tertiary/aromatic N) is 1. The van der Waals surface area contributed by atoms with Gasteiger partial charge in [0.2, 0.25) is 0 Å². The molecule has 0 amide bonds. The van der Waals surface area contributed by atoms with E-state index in [1.807, 2.05) is 24.3 Å². The predicted octanol–water partition coefficient (Wildman–Crippen LogP) is 1.89. The first-order valence-electron chi connectivity index (χ1n) is 5.36. The van der Waals surface area contributed by atoms with Crippen LogP contribution >= 0.6 is 0 Å². The van der Waals surface area contributed by atoms with Crippen molar-refractivity contribution in [3.63, 3.8) is 0 Å². The number of benzene rings is 1. The summed E-state index contributed by atoms with van der Waals surface area (Å²) in [6.07, 6.45) is 0. The lowest BCUT2D eigenvalue weighted by atomic mass is 10.1. The maximum absolute atomic E-state index is 11.4. The molecular weight excluding hydrogens is 216 g/mol. The van der Waals surface area contributed by atoms with Gasteiger partial charge in [-0.1, -0.05) is 24.3 Å². The molecule has 4 nitrogen and oxygen atoms in total. The van der Waals surface area contributed by atoms with Crippen LogP contribution in [0.5, 0.6) is 0 Å². The highest BCUT2D eigenvalue weighted by atomic mass is 16.5. The van der Waals surface area contributed by atoms with Crippen LogP contribution in [-0.4, -0.2) is 17.1 Å². The molecule has 1 aromatic carbocycles. The summed E-state index contributed by atoms with van der Waals surface area (Å²) in [6, 6.07) is 9.21. The number of aromatic nitrogens is 2. The number of hydrogen-bond donors (Lipinski definition) is 1. The quantitative estimate of drug-likeness (QED) is 0.876. The van der Waals surface area contributed by atoms with Crippen LogP contribution in [0.3, 0.4) is 0 Å². The Balaban J connectivity index is 2.55. The average Bonchev–Trinajstić information content (AvgIpc) is 2.29. The largest absolute Gasteiger partial charge is 0.380 e. The molecule has 2 rings (SSSR count). The number of nitrogens with one attached hydrogen (secondary N) is 1. The third kappa shape index (κ3) is 2.60. The second kappa shape index (κ2) is 4.93. The number of H-pyrrole nitrogens is 1. The van der Waals surface area contributed by atoms with Crippen LogP contribution in [0.25, 0.3) is 11.4 Å². The van der Waals surface area contributed by atoms with Crippen LogP contribution in [0.1, 0.15) is 11.3 Å². The summed E-state index contributed by atoms with van der Waals surface area (Å²) in [5, 5.41) is 0. The Labute approximate surface area is 99.3 Å². The molecule has 0 aliphatic rings. The maximum Gasteiger partial charge on any atom is 0.251 e. The second-order valence-corrected chi connectivity index (χ2v) is 3.83. The molecule has 2 aromatic rings. The Hall–Kier alpha value is -1.94. The number of methoxy groups -OCH3 is 1. The summed E-state index contributed by atoms with van der Waals surface area (Å²) in [7, 11) is 1.64. The number of aryl methyl sites for hydroxylation is 1. The van der Waals surface area contributed by atoms with Crippen LogP contribution in [-0.2, 0) is 11.3 Å². The summed E-state index contributed by atoms with van der Waals surface area (Å²) >= 11 is 0. The summed E-state index contributed by atoms with van der Waals surface area (Å²) < 4.78 is 5.13. The van der Waals surface area contributed by atoms with Gasteiger partial charge in [0.25, 0.3) is 5.56 Å². The number of ether oxygens (including phenoxy) is 1. The van der Waals surface area contributed by atoms with Gasteiger partial charge in [-0.2, -0.15) is 0 Å². The van der Waals surface area contributed by atoms with Gasteiger partial charge in [0.05, 0.1) is 6.61 Å². The third-order valence-corrected chi connectivity index (χ3v) is 2.44. The summed E-state index contributed by atoms with van der Waals surface area (Å²) in [4.78, 5) is 18.5. The fourth-order valence-corrected chi connectivity index (χ4v) is 1.74. The van der Waals surface area contributed by atoms with E-state index in [-0.39, 0.29) is 5.56 Å². The van der Waals surface area contributed by atoms with E-state index in [0.29, 0.717) is 18.1 Å². The van der Waals surface area contributed by atoms with Crippen molar-refractivity contribution in [3.8, 4) is 11.4 Å². The van der Waals surface area contributed by atoms with Crippen LogP contribution in [0.2, 0.25) is 0 Å². The minimum Gasteiger partial charge on any atom is -0.380 e. The second-order valence-electron chi connectivity index (χ2n) is 3.83. The first kappa shape index (κ1) is 11.5. The van der Waals surface area contributed by atoms with E-state index in [2.05, 4.69) is 9.97 Å². The number of aromatic amines is 1. The predicted molar refractivity (Wildman–Crippen MR) is 65.7 cm³/mol. The monoisotopic (exact) mass is 230 g/mol. The SMILES string of the molecule is COCc1ccccc1-c1nc(C)cc(=O)[nH]1. The molecule has 0 saturated carbocycles. The van der Waals surface area contributed by atoms with E-state index < -0.39 is 0 Å². The lowest BCUT2D eigenvalue weighted by molar-refractivity contribution is 0.185. The molecule has 1 N–H and O–H groups in total. The van der Waals surface area contributed by atoms with Gasteiger partial charge in [0.1, 0.15) is 5.82 Å². The lowest BCUT2D eigenvalue weighted by Crippen LogP contribution is -2.09. The van der Waals surface area contributed by atoms with E-state index in [1.54, 1.807) is 14.0 Å². The van der Waals surface area contributed by atoms with E-state index in [4.69, 9.17) is 4.74 Å². The highest BCUT2D eigenvalue weighted by molar-refractivity contribution is 5.59. The zero-order valence-electron chi connectivity index (χ0n) is 9.86. The molecule has 0 spiro atoms. The van der Waals surface area contributed by atoms with Crippen LogP contribution in [0.15, 0.2) is 35.1 Å². The molecule has 0 radical (unpaired) electrons. The van der Waals surface area contributed by atoms with Crippen molar-refractivity contribution in [1.82, 2.24) is 9.97 Å². The van der Waals surface area contributed by atoms with E-state index in [0.717, 1.165) is 11.1 Å². The zero-order chi connectivity index (χ0) is 12.3. The van der Waals surface area contributed by atoms with Crippen molar-refractivity contribution in [3.05, 3.63) is 51.9 Å². The van der Waals surface area contributed by atoms with E-state index >= 15 is 0 Å². The summed E-state index contributed by atoms with van der Waals surface area (Å²) in [5.41, 5.74) is 2.47. The minimum absolute atomic E-state index is 0.139. The molecule has 0 atom stereocenters. The van der Waals surface area contributed by atoms with E-state index in [9.17, 15) is 4.79 Å². The van der Waals surface area contributed by atoms with Gasteiger partial charge < -0.3 is 9.72 Å². The minimum atomic E-state index is -0.139. The van der Waals surface area contributed by atoms with Gasteiger partial charge in [0, 0.05) is 24.4 Å². The molecule has 1 heterocycles. The first-order chi connectivity index (χ1) is 8.20. The smallest absolute Gasteiger partial charge is 0.251 e. The van der Waals surface area contributed by atoms with Gasteiger partial charge in [-0.25, -0.2) is 4.98 Å². The number of hydrogen-bond acceptors (Lipinski definition) is 3. The van der Waals surface area contributed by atoms with Crippen LogP contribution in [0, 0.1) is 6.92 Å². The van der Waals surface area contributed by atoms with Gasteiger partial charge in [-0.3, -0.25) is 4.79 Å². The first-order valence-corrected chi connectivity index (χ1v) is 5.36. The molecule has 0 aliphatic carbocycles. The van der Waals surface area contributed by atoms with Crippen molar-refractivity contribution < 1.29 is 4.74 Å². The normalized spacial score (nSPS) is 10.5. The maximum atomic E-state index is 11.4. The Morgan fingerprint density at radius 3 is 2.82 bits per heavy atom. The highest BCUT2D eigenvalue weighted by Crippen LogP contribution is 2.19. The lowest BCUT2D eigenvalue weighted by Gasteiger charge is -2.08. The Morgan fingerprint density at radius 2 is 2.12 bits per heavy atom. The van der Waals surface area contributed by atoms with Gasteiger partial charge in [0.15, 0.2) is 0 Å². The van der Waals surface area contributed by atoms with Crippen LogP contribution < -0.4 is 5.56 Å². The fourth-order valence-electron chi connectivity index (χ4n) is 1.74. The average molecular weight is 230 g/mol. The topological polar surface area (TPSA) is 55.0 Å². The Kier molecular flexibility index (Phi) is 3.35. The highest BCUT2D eigenvalue weighted by Gasteiger charge is 2.07. The molecule has 0 fully saturated rings. The summed E-state index contributed by atoms with van der Waals surface area (Å²) in [5.74, 6) is 0.586. The molecule has 1 aromatic heterocycles. The standard InChI is InChI=1S/C13H14N2O2/c1-9-7-12(16)15-13(14-9)11-6-4-3-5-10(11)8-17-2/h3-7H,8H2,1-2H3,(H,14,15,16). The molecule has 0 unspecified atom stereocenters. The molecule has 88 valence electrons. The molecule has 0 saturated heterocycles. The fraction of sp³-hybridized carbons (Fsp3) is 0.231. The summed E-state index contributed by atoms with van der Waals surface area (Å²) in [6.45, 7) is 2.30. The van der Waals surface area contributed by atoms with Crippen molar-refractivity contribution >= 4 is 0 Å². The number of rotatable bonds is 3. The van der Waals surface area contributed by atoms with Gasteiger partial charge in [-0.05, 0) is 12.5 Å². The molecule has 0 aliphatic heterocycles. The Bertz CT molecular complexity index is 576. The van der Waals surface area contributed by atoms with Gasteiger partial charge in [-0.15, -0.1) is 0 Å².